The molecule has 0 atom stereocenters. The summed E-state index contributed by atoms with van der Waals surface area (Å²) in [6.45, 7) is 0.893. The van der Waals surface area contributed by atoms with Gasteiger partial charge in [-0.3, -0.25) is 0 Å². The average molecular weight is 336 g/mol. The number of anilines is 1. The summed E-state index contributed by atoms with van der Waals surface area (Å²) in [6.07, 6.45) is 1.01. The van der Waals surface area contributed by atoms with Gasteiger partial charge in [-0.05, 0) is 40.5 Å². The molecule has 0 aliphatic heterocycles. The maximum absolute atomic E-state index is 4.59. The average Bonchev–Trinajstić information content (AvgIpc) is 2.96. The highest BCUT2D eigenvalue weighted by Gasteiger charge is 2.06. The lowest BCUT2D eigenvalue weighted by Gasteiger charge is -2.05. The van der Waals surface area contributed by atoms with Gasteiger partial charge in [0.2, 0.25) is 5.95 Å². The first kappa shape index (κ1) is 12.7. The summed E-state index contributed by atoms with van der Waals surface area (Å²) in [7, 11) is 2.04. The van der Waals surface area contributed by atoms with E-state index in [9.17, 15) is 0 Å². The number of hydrogen-bond donors (Lipinski definition) is 1. The molecule has 2 heterocycles. The van der Waals surface area contributed by atoms with Crippen LogP contribution in [0.5, 0.6) is 0 Å². The van der Waals surface area contributed by atoms with Crippen molar-refractivity contribution >= 4 is 44.2 Å². The molecule has 3 aromatic rings. The third-order valence-electron chi connectivity index (χ3n) is 3.06. The second kappa shape index (κ2) is 5.35. The second-order valence-electron chi connectivity index (χ2n) is 4.39. The Bertz CT molecular complexity index is 702. The minimum absolute atomic E-state index is 0.893. The van der Waals surface area contributed by atoms with Gasteiger partial charge in [-0.1, -0.05) is 12.1 Å². The predicted molar refractivity (Wildman–Crippen MR) is 84.9 cm³/mol. The molecule has 0 unspecified atom stereocenters. The molecule has 0 saturated heterocycles. The number of aryl methyl sites for hydroxylation is 1. The van der Waals surface area contributed by atoms with Gasteiger partial charge in [-0.25, -0.2) is 4.98 Å². The zero-order valence-electron chi connectivity index (χ0n) is 10.6. The summed E-state index contributed by atoms with van der Waals surface area (Å²) < 4.78 is 3.26. The molecular formula is C14H14BrN3S. The topological polar surface area (TPSA) is 29.9 Å². The number of imidazole rings is 1. The van der Waals surface area contributed by atoms with E-state index in [1.807, 2.05) is 25.2 Å². The number of nitrogens with one attached hydrogen (secondary N) is 1. The number of halogens is 1. The van der Waals surface area contributed by atoms with E-state index in [0.717, 1.165) is 34.4 Å². The summed E-state index contributed by atoms with van der Waals surface area (Å²) in [4.78, 5) is 5.97. The van der Waals surface area contributed by atoms with Crippen molar-refractivity contribution in [2.45, 2.75) is 6.42 Å². The number of hydrogen-bond acceptors (Lipinski definition) is 3. The predicted octanol–water partition coefficient (Wildman–Crippen LogP) is 4.05. The van der Waals surface area contributed by atoms with Crippen LogP contribution >= 0.6 is 27.3 Å². The minimum Gasteiger partial charge on any atom is -0.355 e. The molecule has 3 nitrogen and oxygen atoms in total. The summed E-state index contributed by atoms with van der Waals surface area (Å²) in [5, 5.41) is 5.52. The van der Waals surface area contributed by atoms with E-state index in [0.29, 0.717) is 0 Å². The Morgan fingerprint density at radius 3 is 2.95 bits per heavy atom. The molecule has 19 heavy (non-hydrogen) atoms. The maximum atomic E-state index is 4.59. The van der Waals surface area contributed by atoms with E-state index >= 15 is 0 Å². The van der Waals surface area contributed by atoms with Gasteiger partial charge in [-0.2, -0.15) is 0 Å². The third-order valence-corrected chi connectivity index (χ3v) is 4.82. The molecular weight excluding hydrogens is 322 g/mol. The SMILES string of the molecule is Cn1c(NCCc2cc(Br)cs2)nc2ccccc21. The van der Waals surface area contributed by atoms with Gasteiger partial charge in [0.05, 0.1) is 11.0 Å². The quantitative estimate of drug-likeness (QED) is 0.779. The lowest BCUT2D eigenvalue weighted by Crippen LogP contribution is -2.08. The van der Waals surface area contributed by atoms with Crippen molar-refractivity contribution in [3.05, 3.63) is 45.1 Å². The smallest absolute Gasteiger partial charge is 0.203 e. The van der Waals surface area contributed by atoms with E-state index in [1.54, 1.807) is 11.3 Å². The molecule has 1 N–H and O–H groups in total. The summed E-state index contributed by atoms with van der Waals surface area (Å²) in [5.41, 5.74) is 2.19. The number of aromatic nitrogens is 2. The van der Waals surface area contributed by atoms with Gasteiger partial charge in [-0.15, -0.1) is 11.3 Å². The van der Waals surface area contributed by atoms with Crippen molar-refractivity contribution in [2.24, 2.45) is 7.05 Å². The van der Waals surface area contributed by atoms with Gasteiger partial charge in [0.15, 0.2) is 0 Å². The molecule has 3 rings (SSSR count). The Hall–Kier alpha value is -1.33. The first-order valence-corrected chi connectivity index (χ1v) is 7.79. The molecule has 0 saturated carbocycles. The van der Waals surface area contributed by atoms with Crippen molar-refractivity contribution in [1.29, 1.82) is 0 Å². The largest absolute Gasteiger partial charge is 0.355 e. The van der Waals surface area contributed by atoms with Gasteiger partial charge in [0.25, 0.3) is 0 Å². The van der Waals surface area contributed by atoms with Crippen LogP contribution in [0, 0.1) is 0 Å². The first-order chi connectivity index (χ1) is 9.24. The van der Waals surface area contributed by atoms with E-state index in [2.05, 4.69) is 48.3 Å². The van der Waals surface area contributed by atoms with Gasteiger partial charge < -0.3 is 9.88 Å². The Kier molecular flexibility index (Phi) is 3.57. The van der Waals surface area contributed by atoms with Crippen LogP contribution < -0.4 is 5.32 Å². The van der Waals surface area contributed by atoms with Crippen LogP contribution in [0.4, 0.5) is 5.95 Å². The number of nitrogens with zero attached hydrogens (tertiary/aromatic N) is 2. The minimum atomic E-state index is 0.893. The number of fused-ring (bicyclic) bond motifs is 1. The normalized spacial score (nSPS) is 11.1. The van der Waals surface area contributed by atoms with E-state index in [-0.39, 0.29) is 0 Å². The Morgan fingerprint density at radius 2 is 2.21 bits per heavy atom. The third kappa shape index (κ3) is 2.67. The zero-order valence-corrected chi connectivity index (χ0v) is 13.0. The zero-order chi connectivity index (χ0) is 13.2. The van der Waals surface area contributed by atoms with Crippen molar-refractivity contribution < 1.29 is 0 Å². The fourth-order valence-electron chi connectivity index (χ4n) is 2.09. The highest BCUT2D eigenvalue weighted by molar-refractivity contribution is 9.10. The molecule has 5 heteroatoms. The molecule has 1 aromatic carbocycles. The molecule has 0 bridgehead atoms. The van der Waals surface area contributed by atoms with Crippen molar-refractivity contribution in [2.75, 3.05) is 11.9 Å². The molecule has 0 aliphatic rings. The van der Waals surface area contributed by atoms with Crippen LogP contribution in [0.15, 0.2) is 40.2 Å². The number of benzene rings is 1. The van der Waals surface area contributed by atoms with Crippen molar-refractivity contribution in [3.63, 3.8) is 0 Å². The monoisotopic (exact) mass is 335 g/mol. The highest BCUT2D eigenvalue weighted by Crippen LogP contribution is 2.21. The Balaban J connectivity index is 1.70. The molecule has 0 aliphatic carbocycles. The van der Waals surface area contributed by atoms with Crippen molar-refractivity contribution in [1.82, 2.24) is 9.55 Å². The fraction of sp³-hybridized carbons (Fsp3) is 0.214. The van der Waals surface area contributed by atoms with E-state index in [4.69, 9.17) is 0 Å². The van der Waals surface area contributed by atoms with Gasteiger partial charge in [0.1, 0.15) is 0 Å². The van der Waals surface area contributed by atoms with Crippen LogP contribution in [0.25, 0.3) is 11.0 Å². The van der Waals surface area contributed by atoms with Crippen LogP contribution in [0.2, 0.25) is 0 Å². The second-order valence-corrected chi connectivity index (χ2v) is 6.30. The number of para-hydroxylation sites is 2. The molecule has 0 spiro atoms. The fourth-order valence-corrected chi connectivity index (χ4v) is 3.54. The van der Waals surface area contributed by atoms with E-state index < -0.39 is 0 Å². The molecule has 0 amide bonds. The standard InChI is InChI=1S/C14H14BrN3S/c1-18-13-5-3-2-4-12(13)17-14(18)16-7-6-11-8-10(15)9-19-11/h2-5,8-9H,6-7H2,1H3,(H,16,17). The highest BCUT2D eigenvalue weighted by atomic mass is 79.9. The van der Waals surface area contributed by atoms with Gasteiger partial charge in [0, 0.05) is 28.3 Å². The molecule has 0 radical (unpaired) electrons. The summed E-state index contributed by atoms with van der Waals surface area (Å²) >= 11 is 5.26. The summed E-state index contributed by atoms with van der Waals surface area (Å²) in [6, 6.07) is 10.3. The maximum Gasteiger partial charge on any atom is 0.203 e. The number of rotatable bonds is 4. The first-order valence-electron chi connectivity index (χ1n) is 6.12. The van der Waals surface area contributed by atoms with Crippen LogP contribution in [-0.4, -0.2) is 16.1 Å². The Morgan fingerprint density at radius 1 is 1.37 bits per heavy atom. The van der Waals surface area contributed by atoms with E-state index in [1.165, 1.54) is 4.88 Å². The lowest BCUT2D eigenvalue weighted by atomic mass is 10.3. The molecule has 2 aromatic heterocycles. The van der Waals surface area contributed by atoms with Crippen LogP contribution in [-0.2, 0) is 13.5 Å². The summed E-state index contributed by atoms with van der Waals surface area (Å²) in [5.74, 6) is 0.928. The Labute approximate surface area is 124 Å². The van der Waals surface area contributed by atoms with Crippen LogP contribution in [0.1, 0.15) is 4.88 Å². The van der Waals surface area contributed by atoms with Gasteiger partial charge >= 0.3 is 0 Å². The van der Waals surface area contributed by atoms with Crippen molar-refractivity contribution in [3.8, 4) is 0 Å². The van der Waals surface area contributed by atoms with Crippen LogP contribution in [0.3, 0.4) is 0 Å². The molecule has 98 valence electrons. The number of thiophene rings is 1. The lowest BCUT2D eigenvalue weighted by molar-refractivity contribution is 0.916. The molecule has 0 fully saturated rings.